The van der Waals surface area contributed by atoms with Gasteiger partial charge in [0.25, 0.3) is 0 Å². The Bertz CT molecular complexity index is 985. The molecular formula is C21H21N3O4. The molecule has 1 aliphatic heterocycles. The highest BCUT2D eigenvalue weighted by Gasteiger charge is 2.36. The van der Waals surface area contributed by atoms with E-state index in [0.29, 0.717) is 36.9 Å². The lowest BCUT2D eigenvalue weighted by molar-refractivity contribution is -0.130. The molecule has 0 radical (unpaired) electrons. The molecule has 3 aromatic rings. The minimum absolute atomic E-state index is 0.0739. The number of methoxy groups -OCH3 is 2. The van der Waals surface area contributed by atoms with Crippen molar-refractivity contribution in [1.82, 2.24) is 15.0 Å². The molecule has 1 amide bonds. The second-order valence-corrected chi connectivity index (χ2v) is 6.58. The summed E-state index contributed by atoms with van der Waals surface area (Å²) in [6, 6.07) is 14.9. The highest BCUT2D eigenvalue weighted by Crippen LogP contribution is 2.35. The summed E-state index contributed by atoms with van der Waals surface area (Å²) in [7, 11) is 3.23. The average molecular weight is 379 g/mol. The molecule has 1 atom stereocenters. The van der Waals surface area contributed by atoms with E-state index in [4.69, 9.17) is 14.0 Å². The maximum atomic E-state index is 12.5. The van der Waals surface area contributed by atoms with E-state index in [2.05, 4.69) is 10.1 Å². The predicted molar refractivity (Wildman–Crippen MR) is 102 cm³/mol. The first-order chi connectivity index (χ1) is 13.7. The molecule has 0 spiro atoms. The van der Waals surface area contributed by atoms with E-state index in [1.54, 1.807) is 19.1 Å². The molecule has 1 saturated heterocycles. The molecule has 144 valence electrons. The number of likely N-dealkylation sites (tertiary alicyclic amines) is 1. The lowest BCUT2D eigenvalue weighted by Gasteiger charge is -2.22. The summed E-state index contributed by atoms with van der Waals surface area (Å²) < 4.78 is 16.2. The first kappa shape index (κ1) is 18.0. The number of amides is 1. The predicted octanol–water partition coefficient (Wildman–Crippen LogP) is 3.62. The molecule has 1 aliphatic rings. The number of aromatic nitrogens is 2. The van der Waals surface area contributed by atoms with E-state index in [1.165, 1.54) is 0 Å². The molecule has 1 fully saturated rings. The van der Waals surface area contributed by atoms with Gasteiger partial charge in [-0.2, -0.15) is 4.98 Å². The van der Waals surface area contributed by atoms with Crippen LogP contribution in [0, 0.1) is 0 Å². The van der Waals surface area contributed by atoms with E-state index < -0.39 is 0 Å². The molecule has 0 bridgehead atoms. The van der Waals surface area contributed by atoms with E-state index in [0.717, 1.165) is 16.9 Å². The van der Waals surface area contributed by atoms with Crippen molar-refractivity contribution in [1.29, 1.82) is 0 Å². The van der Waals surface area contributed by atoms with Gasteiger partial charge >= 0.3 is 0 Å². The van der Waals surface area contributed by atoms with Crippen molar-refractivity contribution >= 4 is 5.91 Å². The fraction of sp³-hybridized carbons (Fsp3) is 0.286. The summed E-state index contributed by atoms with van der Waals surface area (Å²) >= 11 is 0. The Balaban J connectivity index is 1.59. The Labute approximate surface area is 162 Å². The fourth-order valence-electron chi connectivity index (χ4n) is 3.47. The number of nitrogens with zero attached hydrogens (tertiary/aromatic N) is 3. The number of benzene rings is 2. The van der Waals surface area contributed by atoms with Crippen molar-refractivity contribution in [3.8, 4) is 22.9 Å². The largest absolute Gasteiger partial charge is 0.497 e. The Morgan fingerprint density at radius 1 is 1.14 bits per heavy atom. The number of carbonyl (C=O) groups is 1. The Morgan fingerprint density at radius 3 is 2.82 bits per heavy atom. The zero-order chi connectivity index (χ0) is 19.5. The first-order valence-electron chi connectivity index (χ1n) is 9.09. The van der Waals surface area contributed by atoms with Gasteiger partial charge in [-0.3, -0.25) is 4.79 Å². The molecule has 0 aliphatic carbocycles. The number of ether oxygens (including phenoxy) is 2. The highest BCUT2D eigenvalue weighted by molar-refractivity contribution is 5.79. The standard InChI is InChI=1S/C21H21N3O4/c1-26-15-7-5-6-14(12-15)13-24-17(10-11-19(24)25)21-22-20(23-28-21)16-8-3-4-9-18(16)27-2/h3-9,12,17H,10-11,13H2,1-2H3. The van der Waals surface area contributed by atoms with Gasteiger partial charge in [-0.05, 0) is 36.2 Å². The van der Waals surface area contributed by atoms with Gasteiger partial charge in [-0.25, -0.2) is 0 Å². The van der Waals surface area contributed by atoms with Crippen LogP contribution in [-0.4, -0.2) is 35.2 Å². The molecule has 7 heteroatoms. The third kappa shape index (κ3) is 3.43. The zero-order valence-electron chi connectivity index (χ0n) is 15.8. The Morgan fingerprint density at radius 2 is 2.00 bits per heavy atom. The van der Waals surface area contributed by atoms with Crippen molar-refractivity contribution in [2.24, 2.45) is 0 Å². The number of carbonyl (C=O) groups excluding carboxylic acids is 1. The summed E-state index contributed by atoms with van der Waals surface area (Å²) in [4.78, 5) is 18.8. The second kappa shape index (κ2) is 7.72. The molecule has 2 heterocycles. The van der Waals surface area contributed by atoms with Crippen molar-refractivity contribution in [3.05, 3.63) is 60.0 Å². The third-order valence-corrected chi connectivity index (χ3v) is 4.89. The van der Waals surface area contributed by atoms with E-state index in [1.807, 2.05) is 48.5 Å². The van der Waals surface area contributed by atoms with Crippen LogP contribution in [0.1, 0.15) is 30.3 Å². The zero-order valence-corrected chi connectivity index (χ0v) is 15.8. The summed E-state index contributed by atoms with van der Waals surface area (Å²) in [5.41, 5.74) is 1.74. The maximum Gasteiger partial charge on any atom is 0.249 e. The Hall–Kier alpha value is -3.35. The Kier molecular flexibility index (Phi) is 4.97. The lowest BCUT2D eigenvalue weighted by atomic mass is 10.1. The van der Waals surface area contributed by atoms with Crippen LogP contribution in [0.2, 0.25) is 0 Å². The monoisotopic (exact) mass is 379 g/mol. The van der Waals surface area contributed by atoms with Gasteiger partial charge in [0.05, 0.1) is 19.8 Å². The van der Waals surface area contributed by atoms with Gasteiger partial charge in [0.1, 0.15) is 17.5 Å². The molecular weight excluding hydrogens is 358 g/mol. The molecule has 4 rings (SSSR count). The van der Waals surface area contributed by atoms with Gasteiger partial charge < -0.3 is 18.9 Å². The minimum atomic E-state index is -0.241. The average Bonchev–Trinajstić information content (AvgIpc) is 3.35. The van der Waals surface area contributed by atoms with Crippen molar-refractivity contribution in [2.45, 2.75) is 25.4 Å². The molecule has 0 saturated carbocycles. The van der Waals surface area contributed by atoms with Gasteiger partial charge in [0.15, 0.2) is 0 Å². The lowest BCUT2D eigenvalue weighted by Crippen LogP contribution is -2.27. The van der Waals surface area contributed by atoms with Crippen molar-refractivity contribution in [2.75, 3.05) is 14.2 Å². The summed E-state index contributed by atoms with van der Waals surface area (Å²) in [5, 5.41) is 4.11. The summed E-state index contributed by atoms with van der Waals surface area (Å²) in [5.74, 6) is 2.40. The van der Waals surface area contributed by atoms with E-state index in [-0.39, 0.29) is 11.9 Å². The highest BCUT2D eigenvalue weighted by atomic mass is 16.5. The normalized spacial score (nSPS) is 16.4. The number of para-hydroxylation sites is 1. The number of hydrogen-bond donors (Lipinski definition) is 0. The topological polar surface area (TPSA) is 77.7 Å². The van der Waals surface area contributed by atoms with Crippen LogP contribution in [0.15, 0.2) is 53.1 Å². The van der Waals surface area contributed by atoms with Gasteiger partial charge in [-0.15, -0.1) is 0 Å². The molecule has 28 heavy (non-hydrogen) atoms. The first-order valence-corrected chi connectivity index (χ1v) is 9.09. The van der Waals surface area contributed by atoms with Crippen molar-refractivity contribution < 1.29 is 18.8 Å². The summed E-state index contributed by atoms with van der Waals surface area (Å²) in [6.07, 6.45) is 1.11. The van der Waals surface area contributed by atoms with Crippen LogP contribution in [0.3, 0.4) is 0 Å². The quantitative estimate of drug-likeness (QED) is 0.651. The molecule has 7 nitrogen and oxygen atoms in total. The van der Waals surface area contributed by atoms with Crippen LogP contribution in [0.25, 0.3) is 11.4 Å². The van der Waals surface area contributed by atoms with E-state index >= 15 is 0 Å². The van der Waals surface area contributed by atoms with Crippen LogP contribution in [0.4, 0.5) is 0 Å². The fourth-order valence-corrected chi connectivity index (χ4v) is 3.47. The molecule has 1 aromatic heterocycles. The molecule has 1 unspecified atom stereocenters. The molecule has 0 N–H and O–H groups in total. The van der Waals surface area contributed by atoms with Gasteiger partial charge in [-0.1, -0.05) is 29.4 Å². The summed E-state index contributed by atoms with van der Waals surface area (Å²) in [6.45, 7) is 0.465. The second-order valence-electron chi connectivity index (χ2n) is 6.58. The van der Waals surface area contributed by atoms with Crippen LogP contribution in [0.5, 0.6) is 11.5 Å². The smallest absolute Gasteiger partial charge is 0.249 e. The van der Waals surface area contributed by atoms with E-state index in [9.17, 15) is 4.79 Å². The molecule has 2 aromatic carbocycles. The van der Waals surface area contributed by atoms with Crippen LogP contribution >= 0.6 is 0 Å². The van der Waals surface area contributed by atoms with Crippen LogP contribution in [-0.2, 0) is 11.3 Å². The van der Waals surface area contributed by atoms with Crippen LogP contribution < -0.4 is 9.47 Å². The minimum Gasteiger partial charge on any atom is -0.497 e. The van der Waals surface area contributed by atoms with Gasteiger partial charge in [0.2, 0.25) is 17.6 Å². The van der Waals surface area contributed by atoms with Crippen molar-refractivity contribution in [3.63, 3.8) is 0 Å². The third-order valence-electron chi connectivity index (χ3n) is 4.89. The SMILES string of the molecule is COc1cccc(CN2C(=O)CCC2c2nc(-c3ccccc3OC)no2)c1. The number of rotatable bonds is 6. The number of hydrogen-bond acceptors (Lipinski definition) is 6. The van der Waals surface area contributed by atoms with Gasteiger partial charge in [0, 0.05) is 13.0 Å². The maximum absolute atomic E-state index is 12.5.